The topological polar surface area (TPSA) is 63.0 Å². The van der Waals surface area contributed by atoms with Gasteiger partial charge in [0, 0.05) is 25.2 Å². The maximum atomic E-state index is 12.9. The molecule has 2 amide bonds. The Balaban J connectivity index is 1.73. The summed E-state index contributed by atoms with van der Waals surface area (Å²) in [6.07, 6.45) is 0. The number of hydrogen-bond acceptors (Lipinski definition) is 4. The quantitative estimate of drug-likeness (QED) is 0.810. The molecule has 0 saturated carbocycles. The highest BCUT2D eigenvalue weighted by Gasteiger charge is 2.35. The highest BCUT2D eigenvalue weighted by Crippen LogP contribution is 2.26. The third-order valence-corrected chi connectivity index (χ3v) is 4.79. The van der Waals surface area contributed by atoms with Gasteiger partial charge in [-0.05, 0) is 49.2 Å². The molecular weight excluding hydrogens is 344 g/mol. The molecule has 0 aliphatic carbocycles. The molecule has 0 N–H and O–H groups in total. The molecule has 1 aliphatic rings. The number of carbonyl (C=O) groups excluding carboxylic acids is 2. The standard InChI is InChI=1S/C21H26N2O4/c1-14(2)13-22-11-12-23(15(3)20(22)24)21(25)19-10-9-18(27-19)16-5-7-17(26-4)8-6-16/h5-10,14-15H,11-13H2,1-4H3/t15-/m1/s1. The summed E-state index contributed by atoms with van der Waals surface area (Å²) in [6.45, 7) is 7.72. The maximum absolute atomic E-state index is 12.9. The van der Waals surface area contributed by atoms with E-state index < -0.39 is 6.04 Å². The molecular formula is C21H26N2O4. The molecule has 6 nitrogen and oxygen atoms in total. The van der Waals surface area contributed by atoms with Gasteiger partial charge in [0.15, 0.2) is 5.76 Å². The van der Waals surface area contributed by atoms with E-state index in [-0.39, 0.29) is 17.6 Å². The Morgan fingerprint density at radius 3 is 2.52 bits per heavy atom. The number of furan rings is 1. The Labute approximate surface area is 159 Å². The van der Waals surface area contributed by atoms with Crippen LogP contribution in [0.1, 0.15) is 31.3 Å². The zero-order valence-corrected chi connectivity index (χ0v) is 16.3. The fraction of sp³-hybridized carbons (Fsp3) is 0.429. The Kier molecular flexibility index (Phi) is 5.54. The van der Waals surface area contributed by atoms with Gasteiger partial charge in [-0.2, -0.15) is 0 Å². The summed E-state index contributed by atoms with van der Waals surface area (Å²) in [6, 6.07) is 10.4. The fourth-order valence-corrected chi connectivity index (χ4v) is 3.33. The van der Waals surface area contributed by atoms with Crippen LogP contribution in [-0.2, 0) is 4.79 Å². The number of methoxy groups -OCH3 is 1. The first kappa shape index (κ1) is 19.0. The molecule has 1 aromatic carbocycles. The highest BCUT2D eigenvalue weighted by molar-refractivity contribution is 5.96. The van der Waals surface area contributed by atoms with E-state index >= 15 is 0 Å². The monoisotopic (exact) mass is 370 g/mol. The minimum absolute atomic E-state index is 0.00904. The van der Waals surface area contributed by atoms with E-state index in [1.54, 1.807) is 31.1 Å². The van der Waals surface area contributed by atoms with Crippen LogP contribution < -0.4 is 4.74 Å². The molecule has 1 aliphatic heterocycles. The van der Waals surface area contributed by atoms with Crippen molar-refractivity contribution in [2.45, 2.75) is 26.8 Å². The van der Waals surface area contributed by atoms with Crippen molar-refractivity contribution >= 4 is 11.8 Å². The van der Waals surface area contributed by atoms with Crippen molar-refractivity contribution in [1.82, 2.24) is 9.80 Å². The SMILES string of the molecule is COc1ccc(-c2ccc(C(=O)N3CCN(CC(C)C)C(=O)[C@H]3C)o2)cc1. The van der Waals surface area contributed by atoms with E-state index in [1.807, 2.05) is 29.2 Å². The molecule has 3 rings (SSSR count). The summed E-state index contributed by atoms with van der Waals surface area (Å²) >= 11 is 0. The predicted octanol–water partition coefficient (Wildman–Crippen LogP) is 3.28. The van der Waals surface area contributed by atoms with Gasteiger partial charge in [0.1, 0.15) is 17.6 Å². The van der Waals surface area contributed by atoms with Crippen molar-refractivity contribution in [2.75, 3.05) is 26.7 Å². The number of nitrogens with zero attached hydrogens (tertiary/aromatic N) is 2. The molecule has 6 heteroatoms. The molecule has 2 heterocycles. The molecule has 0 bridgehead atoms. The number of carbonyl (C=O) groups is 2. The van der Waals surface area contributed by atoms with Gasteiger partial charge in [-0.3, -0.25) is 9.59 Å². The van der Waals surface area contributed by atoms with E-state index in [9.17, 15) is 9.59 Å². The van der Waals surface area contributed by atoms with Crippen LogP contribution >= 0.6 is 0 Å². The summed E-state index contributed by atoms with van der Waals surface area (Å²) in [5.74, 6) is 1.76. The molecule has 0 unspecified atom stereocenters. The van der Waals surface area contributed by atoms with Gasteiger partial charge >= 0.3 is 0 Å². The molecule has 1 atom stereocenters. The zero-order valence-electron chi connectivity index (χ0n) is 16.3. The van der Waals surface area contributed by atoms with Crippen LogP contribution in [0.5, 0.6) is 5.75 Å². The molecule has 2 aromatic rings. The minimum atomic E-state index is -0.487. The van der Waals surface area contributed by atoms with Crippen molar-refractivity contribution in [1.29, 1.82) is 0 Å². The van der Waals surface area contributed by atoms with E-state index in [4.69, 9.17) is 9.15 Å². The van der Waals surface area contributed by atoms with Crippen LogP contribution in [-0.4, -0.2) is 54.4 Å². The van der Waals surface area contributed by atoms with Crippen molar-refractivity contribution in [3.63, 3.8) is 0 Å². The number of ether oxygens (including phenoxy) is 1. The Bertz CT molecular complexity index is 810. The highest BCUT2D eigenvalue weighted by atomic mass is 16.5. The van der Waals surface area contributed by atoms with Crippen LogP contribution in [0.25, 0.3) is 11.3 Å². The molecule has 144 valence electrons. The second-order valence-electron chi connectivity index (χ2n) is 7.25. The number of piperazine rings is 1. The molecule has 0 radical (unpaired) electrons. The third-order valence-electron chi connectivity index (χ3n) is 4.79. The van der Waals surface area contributed by atoms with Gasteiger partial charge in [-0.25, -0.2) is 0 Å². The average molecular weight is 370 g/mol. The van der Waals surface area contributed by atoms with Gasteiger partial charge in [-0.15, -0.1) is 0 Å². The smallest absolute Gasteiger partial charge is 0.290 e. The van der Waals surface area contributed by atoms with Crippen molar-refractivity contribution in [3.8, 4) is 17.1 Å². The van der Waals surface area contributed by atoms with Gasteiger partial charge in [-0.1, -0.05) is 13.8 Å². The minimum Gasteiger partial charge on any atom is -0.497 e. The summed E-state index contributed by atoms with van der Waals surface area (Å²) in [5.41, 5.74) is 0.862. The molecule has 1 aromatic heterocycles. The largest absolute Gasteiger partial charge is 0.497 e. The van der Waals surface area contributed by atoms with Gasteiger partial charge < -0.3 is 19.0 Å². The Morgan fingerprint density at radius 1 is 1.19 bits per heavy atom. The normalized spacial score (nSPS) is 17.5. The second kappa shape index (κ2) is 7.86. The summed E-state index contributed by atoms with van der Waals surface area (Å²) < 4.78 is 10.9. The lowest BCUT2D eigenvalue weighted by molar-refractivity contribution is -0.140. The van der Waals surface area contributed by atoms with Crippen LogP contribution in [0.2, 0.25) is 0 Å². The Morgan fingerprint density at radius 2 is 1.89 bits per heavy atom. The lowest BCUT2D eigenvalue weighted by Crippen LogP contribution is -2.58. The van der Waals surface area contributed by atoms with Crippen molar-refractivity contribution in [3.05, 3.63) is 42.2 Å². The van der Waals surface area contributed by atoms with Crippen LogP contribution in [0, 0.1) is 5.92 Å². The van der Waals surface area contributed by atoms with E-state index in [1.165, 1.54) is 0 Å². The number of hydrogen-bond donors (Lipinski definition) is 0. The first-order valence-electron chi connectivity index (χ1n) is 9.24. The van der Waals surface area contributed by atoms with Gasteiger partial charge in [0.05, 0.1) is 7.11 Å². The first-order chi connectivity index (χ1) is 12.9. The molecule has 27 heavy (non-hydrogen) atoms. The summed E-state index contributed by atoms with van der Waals surface area (Å²) in [5, 5.41) is 0. The van der Waals surface area contributed by atoms with Crippen LogP contribution in [0.15, 0.2) is 40.8 Å². The maximum Gasteiger partial charge on any atom is 0.290 e. The summed E-state index contributed by atoms with van der Waals surface area (Å²) in [4.78, 5) is 28.9. The second-order valence-corrected chi connectivity index (χ2v) is 7.25. The molecule has 1 fully saturated rings. The molecule has 1 saturated heterocycles. The number of benzene rings is 1. The van der Waals surface area contributed by atoms with E-state index in [0.717, 1.165) is 11.3 Å². The Hall–Kier alpha value is -2.76. The van der Waals surface area contributed by atoms with Gasteiger partial charge in [0.2, 0.25) is 5.91 Å². The predicted molar refractivity (Wildman–Crippen MR) is 103 cm³/mol. The van der Waals surface area contributed by atoms with E-state index in [2.05, 4.69) is 13.8 Å². The van der Waals surface area contributed by atoms with Crippen molar-refractivity contribution in [2.24, 2.45) is 5.92 Å². The zero-order chi connectivity index (χ0) is 19.6. The van der Waals surface area contributed by atoms with Crippen LogP contribution in [0.4, 0.5) is 0 Å². The van der Waals surface area contributed by atoms with Gasteiger partial charge in [0.25, 0.3) is 5.91 Å². The fourth-order valence-electron chi connectivity index (χ4n) is 3.33. The summed E-state index contributed by atoms with van der Waals surface area (Å²) in [7, 11) is 1.61. The van der Waals surface area contributed by atoms with Crippen LogP contribution in [0.3, 0.4) is 0 Å². The number of amides is 2. The lowest BCUT2D eigenvalue weighted by atomic mass is 10.1. The number of rotatable bonds is 5. The first-order valence-corrected chi connectivity index (χ1v) is 9.24. The lowest BCUT2D eigenvalue weighted by Gasteiger charge is -2.39. The van der Waals surface area contributed by atoms with Crippen molar-refractivity contribution < 1.29 is 18.7 Å². The molecule has 0 spiro atoms. The average Bonchev–Trinajstić information content (AvgIpc) is 3.15. The van der Waals surface area contributed by atoms with E-state index in [0.29, 0.717) is 31.3 Å². The third kappa shape index (κ3) is 3.99.